The molecule has 0 aliphatic rings. The molecule has 0 amide bonds. The van der Waals surface area contributed by atoms with Crippen molar-refractivity contribution in [2.45, 2.75) is 6.42 Å². The molecule has 0 fully saturated rings. The number of halogens is 1. The maximum atomic E-state index is 10.5. The summed E-state index contributed by atoms with van der Waals surface area (Å²) in [4.78, 5) is 13.6. The van der Waals surface area contributed by atoms with Crippen LogP contribution >= 0.6 is 12.4 Å². The SMILES string of the molecule is Cl.O=C(O)Cc1cccc2[nH]ccc12. The third-order valence-electron chi connectivity index (χ3n) is 2.03. The number of aliphatic carboxylic acids is 1. The highest BCUT2D eigenvalue weighted by Crippen LogP contribution is 2.17. The summed E-state index contributed by atoms with van der Waals surface area (Å²) in [6.07, 6.45) is 1.89. The monoisotopic (exact) mass is 211 g/mol. The van der Waals surface area contributed by atoms with Crippen molar-refractivity contribution in [2.75, 3.05) is 0 Å². The molecule has 14 heavy (non-hydrogen) atoms. The molecular weight excluding hydrogens is 202 g/mol. The van der Waals surface area contributed by atoms with E-state index in [2.05, 4.69) is 4.98 Å². The van der Waals surface area contributed by atoms with Crippen LogP contribution in [0.3, 0.4) is 0 Å². The molecule has 0 saturated heterocycles. The lowest BCUT2D eigenvalue weighted by Crippen LogP contribution is -1.99. The van der Waals surface area contributed by atoms with Crippen LogP contribution in [0.2, 0.25) is 0 Å². The fourth-order valence-corrected chi connectivity index (χ4v) is 1.47. The molecule has 3 nitrogen and oxygen atoms in total. The zero-order valence-electron chi connectivity index (χ0n) is 7.36. The van der Waals surface area contributed by atoms with Gasteiger partial charge in [-0.2, -0.15) is 0 Å². The minimum atomic E-state index is -0.797. The first kappa shape index (κ1) is 10.6. The molecule has 2 N–H and O–H groups in total. The van der Waals surface area contributed by atoms with Crippen molar-refractivity contribution >= 4 is 29.3 Å². The average Bonchev–Trinajstić information content (AvgIpc) is 2.51. The van der Waals surface area contributed by atoms with Gasteiger partial charge >= 0.3 is 5.97 Å². The van der Waals surface area contributed by atoms with Gasteiger partial charge in [-0.15, -0.1) is 12.4 Å². The largest absolute Gasteiger partial charge is 0.481 e. The van der Waals surface area contributed by atoms with Crippen LogP contribution < -0.4 is 0 Å². The van der Waals surface area contributed by atoms with Gasteiger partial charge in [-0.3, -0.25) is 4.79 Å². The molecule has 74 valence electrons. The van der Waals surface area contributed by atoms with Crippen molar-refractivity contribution in [1.82, 2.24) is 4.98 Å². The van der Waals surface area contributed by atoms with Gasteiger partial charge in [-0.1, -0.05) is 12.1 Å². The summed E-state index contributed by atoms with van der Waals surface area (Å²) in [6.45, 7) is 0. The van der Waals surface area contributed by atoms with Crippen LogP contribution in [0, 0.1) is 0 Å². The molecule has 0 atom stereocenters. The van der Waals surface area contributed by atoms with Crippen LogP contribution in [-0.4, -0.2) is 16.1 Å². The van der Waals surface area contributed by atoms with Crippen LogP contribution in [0.25, 0.3) is 10.9 Å². The molecule has 2 aromatic rings. The van der Waals surface area contributed by atoms with Crippen molar-refractivity contribution in [3.8, 4) is 0 Å². The number of aromatic amines is 1. The molecule has 4 heteroatoms. The summed E-state index contributed by atoms with van der Waals surface area (Å²) in [5.41, 5.74) is 1.84. The lowest BCUT2D eigenvalue weighted by molar-refractivity contribution is -0.136. The Hall–Kier alpha value is -1.48. The van der Waals surface area contributed by atoms with Crippen molar-refractivity contribution in [1.29, 1.82) is 0 Å². The first-order valence-corrected chi connectivity index (χ1v) is 4.04. The third kappa shape index (κ3) is 1.88. The minimum Gasteiger partial charge on any atom is -0.481 e. The van der Waals surface area contributed by atoms with Crippen molar-refractivity contribution in [3.63, 3.8) is 0 Å². The van der Waals surface area contributed by atoms with Gasteiger partial charge < -0.3 is 10.1 Å². The van der Waals surface area contributed by atoms with E-state index in [-0.39, 0.29) is 18.8 Å². The summed E-state index contributed by atoms with van der Waals surface area (Å²) in [5.74, 6) is -0.797. The number of rotatable bonds is 2. The number of aromatic nitrogens is 1. The molecule has 0 saturated carbocycles. The lowest BCUT2D eigenvalue weighted by atomic mass is 10.1. The fourth-order valence-electron chi connectivity index (χ4n) is 1.47. The molecule has 0 radical (unpaired) electrons. The maximum Gasteiger partial charge on any atom is 0.307 e. The van der Waals surface area contributed by atoms with Gasteiger partial charge in [0.15, 0.2) is 0 Å². The Labute approximate surface area is 87.2 Å². The van der Waals surface area contributed by atoms with E-state index in [0.717, 1.165) is 16.5 Å². The Bertz CT molecular complexity index is 450. The lowest BCUT2D eigenvalue weighted by Gasteiger charge is -1.98. The van der Waals surface area contributed by atoms with Gasteiger partial charge in [0.2, 0.25) is 0 Å². The molecule has 1 aromatic heterocycles. The number of carboxylic acid groups (broad SMARTS) is 1. The minimum absolute atomic E-state index is 0. The summed E-state index contributed by atoms with van der Waals surface area (Å²) in [6, 6.07) is 7.52. The van der Waals surface area contributed by atoms with Crippen LogP contribution in [0.4, 0.5) is 0 Å². The highest BCUT2D eigenvalue weighted by Gasteiger charge is 2.04. The summed E-state index contributed by atoms with van der Waals surface area (Å²) < 4.78 is 0. The summed E-state index contributed by atoms with van der Waals surface area (Å²) >= 11 is 0. The van der Waals surface area contributed by atoms with Crippen LogP contribution in [0.1, 0.15) is 5.56 Å². The molecule has 0 spiro atoms. The number of hydrogen-bond acceptors (Lipinski definition) is 1. The zero-order chi connectivity index (χ0) is 9.26. The number of hydrogen-bond donors (Lipinski definition) is 2. The summed E-state index contributed by atoms with van der Waals surface area (Å²) in [5, 5.41) is 9.64. The van der Waals surface area contributed by atoms with Gasteiger partial charge in [0.05, 0.1) is 6.42 Å². The van der Waals surface area contributed by atoms with E-state index < -0.39 is 5.97 Å². The third-order valence-corrected chi connectivity index (χ3v) is 2.03. The van der Waals surface area contributed by atoms with Crippen molar-refractivity contribution < 1.29 is 9.90 Å². The number of fused-ring (bicyclic) bond motifs is 1. The quantitative estimate of drug-likeness (QED) is 0.800. The predicted molar refractivity (Wildman–Crippen MR) is 56.9 cm³/mol. The predicted octanol–water partition coefficient (Wildman–Crippen LogP) is 2.22. The fraction of sp³-hybridized carbons (Fsp3) is 0.100. The van der Waals surface area contributed by atoms with E-state index in [1.54, 1.807) is 0 Å². The number of carbonyl (C=O) groups is 1. The van der Waals surface area contributed by atoms with Crippen molar-refractivity contribution in [3.05, 3.63) is 36.0 Å². The van der Waals surface area contributed by atoms with Gasteiger partial charge in [0, 0.05) is 17.1 Å². The van der Waals surface area contributed by atoms with E-state index in [0.29, 0.717) is 0 Å². The Kier molecular flexibility index (Phi) is 3.14. The Morgan fingerprint density at radius 2 is 2.14 bits per heavy atom. The first-order chi connectivity index (χ1) is 6.27. The highest BCUT2D eigenvalue weighted by atomic mass is 35.5. The Morgan fingerprint density at radius 1 is 1.36 bits per heavy atom. The van der Waals surface area contributed by atoms with Gasteiger partial charge in [-0.05, 0) is 17.7 Å². The smallest absolute Gasteiger partial charge is 0.307 e. The topological polar surface area (TPSA) is 53.1 Å². The standard InChI is InChI=1S/C10H9NO2.ClH/c12-10(13)6-7-2-1-3-9-8(7)4-5-11-9;/h1-5,11H,6H2,(H,12,13);1H. The summed E-state index contributed by atoms with van der Waals surface area (Å²) in [7, 11) is 0. The van der Waals surface area contributed by atoms with E-state index >= 15 is 0 Å². The molecule has 0 unspecified atom stereocenters. The van der Waals surface area contributed by atoms with Crippen LogP contribution in [-0.2, 0) is 11.2 Å². The van der Waals surface area contributed by atoms with Gasteiger partial charge in [-0.25, -0.2) is 0 Å². The van der Waals surface area contributed by atoms with Gasteiger partial charge in [0.1, 0.15) is 0 Å². The van der Waals surface area contributed by atoms with E-state index in [4.69, 9.17) is 5.11 Å². The Morgan fingerprint density at radius 3 is 2.86 bits per heavy atom. The normalized spacial score (nSPS) is 9.71. The average molecular weight is 212 g/mol. The molecule has 1 aromatic carbocycles. The number of nitrogens with one attached hydrogen (secondary N) is 1. The van der Waals surface area contributed by atoms with E-state index in [1.807, 2.05) is 30.5 Å². The molecule has 2 rings (SSSR count). The second-order valence-electron chi connectivity index (χ2n) is 2.93. The van der Waals surface area contributed by atoms with E-state index in [1.165, 1.54) is 0 Å². The maximum absolute atomic E-state index is 10.5. The molecule has 0 aliphatic heterocycles. The zero-order valence-corrected chi connectivity index (χ0v) is 8.17. The van der Waals surface area contributed by atoms with Gasteiger partial charge in [0.25, 0.3) is 0 Å². The first-order valence-electron chi connectivity index (χ1n) is 4.04. The molecule has 0 aliphatic carbocycles. The Balaban J connectivity index is 0.000000980. The van der Waals surface area contributed by atoms with E-state index in [9.17, 15) is 4.79 Å². The highest BCUT2D eigenvalue weighted by molar-refractivity contribution is 5.86. The van der Waals surface area contributed by atoms with Crippen LogP contribution in [0.5, 0.6) is 0 Å². The number of H-pyrrole nitrogens is 1. The number of benzene rings is 1. The molecular formula is C10H10ClNO2. The molecule has 1 heterocycles. The number of carboxylic acids is 1. The molecule has 0 bridgehead atoms. The van der Waals surface area contributed by atoms with Crippen molar-refractivity contribution in [2.24, 2.45) is 0 Å². The second kappa shape index (κ2) is 4.15. The second-order valence-corrected chi connectivity index (χ2v) is 2.93. The van der Waals surface area contributed by atoms with Crippen LogP contribution in [0.15, 0.2) is 30.5 Å².